The van der Waals surface area contributed by atoms with Gasteiger partial charge in [0.15, 0.2) is 10.8 Å². The Hall–Kier alpha value is -1.50. The molecule has 0 unspecified atom stereocenters. The van der Waals surface area contributed by atoms with Gasteiger partial charge in [0.1, 0.15) is 5.52 Å². The van der Waals surface area contributed by atoms with Gasteiger partial charge in [0.2, 0.25) is 0 Å². The smallest absolute Gasteiger partial charge is 0.313 e. The number of carboxylic acid groups (broad SMARTS) is 1. The van der Waals surface area contributed by atoms with E-state index < -0.39 is 5.97 Å². The lowest BCUT2D eigenvalue weighted by molar-refractivity contribution is -0.133. The van der Waals surface area contributed by atoms with Gasteiger partial charge in [0.25, 0.3) is 0 Å². The Morgan fingerprint density at radius 1 is 1.50 bits per heavy atom. The number of fused-ring (bicyclic) bond motifs is 1. The highest BCUT2D eigenvalue weighted by atomic mass is 32.2. The normalized spacial score (nSPS) is 17.4. The van der Waals surface area contributed by atoms with Crippen molar-refractivity contribution in [2.75, 3.05) is 5.75 Å². The van der Waals surface area contributed by atoms with Crippen LogP contribution in [-0.2, 0) is 17.4 Å². The summed E-state index contributed by atoms with van der Waals surface area (Å²) in [6, 6.07) is 0. The Kier molecular flexibility index (Phi) is 3.04. The fraction of sp³-hybridized carbons (Fsp3) is 0.615. The van der Waals surface area contributed by atoms with Crippen LogP contribution >= 0.6 is 11.8 Å². The molecule has 0 atom stereocenters. The molecular weight excluding hydrogens is 276 g/mol. The number of aliphatic carboxylic acids is 1. The van der Waals surface area contributed by atoms with Crippen LogP contribution in [0.25, 0.3) is 11.2 Å². The van der Waals surface area contributed by atoms with E-state index in [1.807, 2.05) is 18.7 Å². The lowest BCUT2D eigenvalue weighted by Gasteiger charge is -2.40. The van der Waals surface area contributed by atoms with E-state index in [0.29, 0.717) is 0 Å². The van der Waals surface area contributed by atoms with E-state index in [2.05, 4.69) is 21.6 Å². The molecule has 7 heteroatoms. The van der Waals surface area contributed by atoms with Gasteiger partial charge >= 0.3 is 5.97 Å². The number of nitrogens with zero attached hydrogens (tertiary/aromatic N) is 4. The Balaban J connectivity index is 2.15. The van der Waals surface area contributed by atoms with Crippen molar-refractivity contribution in [2.24, 2.45) is 7.05 Å². The van der Waals surface area contributed by atoms with Crippen molar-refractivity contribution < 1.29 is 9.90 Å². The SMILES string of the molecule is Cc1nn(C)c2c1nc(SCC(=O)O)n2C1(C)CCC1. The van der Waals surface area contributed by atoms with E-state index in [-0.39, 0.29) is 11.3 Å². The molecular formula is C13H18N4O2S. The number of aromatic nitrogens is 4. The van der Waals surface area contributed by atoms with Crippen molar-refractivity contribution in [2.45, 2.75) is 43.8 Å². The third kappa shape index (κ3) is 1.91. The molecule has 0 aromatic carbocycles. The molecule has 1 saturated carbocycles. The van der Waals surface area contributed by atoms with E-state index in [0.717, 1.165) is 34.9 Å². The first-order valence-electron chi connectivity index (χ1n) is 6.69. The van der Waals surface area contributed by atoms with Crippen LogP contribution in [0.4, 0.5) is 0 Å². The van der Waals surface area contributed by atoms with Gasteiger partial charge in [-0.05, 0) is 33.1 Å². The third-order valence-electron chi connectivity index (χ3n) is 4.07. The summed E-state index contributed by atoms with van der Waals surface area (Å²) in [5.41, 5.74) is 2.81. The lowest BCUT2D eigenvalue weighted by Crippen LogP contribution is -2.38. The highest BCUT2D eigenvalue weighted by Gasteiger charge is 2.38. The molecule has 0 spiro atoms. The summed E-state index contributed by atoms with van der Waals surface area (Å²) >= 11 is 1.29. The number of hydrogen-bond acceptors (Lipinski definition) is 4. The van der Waals surface area contributed by atoms with Crippen molar-refractivity contribution in [1.29, 1.82) is 0 Å². The molecule has 0 amide bonds. The monoisotopic (exact) mass is 294 g/mol. The predicted octanol–water partition coefficient (Wildman–Crippen LogP) is 2.15. The molecule has 20 heavy (non-hydrogen) atoms. The van der Waals surface area contributed by atoms with E-state index in [4.69, 9.17) is 5.11 Å². The van der Waals surface area contributed by atoms with Gasteiger partial charge in [-0.1, -0.05) is 11.8 Å². The topological polar surface area (TPSA) is 72.9 Å². The van der Waals surface area contributed by atoms with E-state index in [9.17, 15) is 4.79 Å². The second kappa shape index (κ2) is 4.51. The van der Waals surface area contributed by atoms with Crippen LogP contribution in [-0.4, -0.2) is 36.2 Å². The van der Waals surface area contributed by atoms with E-state index in [1.165, 1.54) is 18.2 Å². The number of thioether (sulfide) groups is 1. The molecule has 1 aliphatic rings. The number of aryl methyl sites for hydroxylation is 2. The number of imidazole rings is 1. The fourth-order valence-corrected chi connectivity index (χ4v) is 3.72. The zero-order valence-corrected chi connectivity index (χ0v) is 12.7. The van der Waals surface area contributed by atoms with Gasteiger partial charge in [-0.3, -0.25) is 14.0 Å². The maximum Gasteiger partial charge on any atom is 0.313 e. The van der Waals surface area contributed by atoms with E-state index >= 15 is 0 Å². The molecule has 1 N–H and O–H groups in total. The molecule has 0 aliphatic heterocycles. The van der Waals surface area contributed by atoms with Gasteiger partial charge in [-0.2, -0.15) is 5.10 Å². The Bertz CT molecular complexity index is 684. The van der Waals surface area contributed by atoms with Crippen molar-refractivity contribution in [1.82, 2.24) is 19.3 Å². The minimum atomic E-state index is -0.817. The van der Waals surface area contributed by atoms with Crippen LogP contribution in [0.3, 0.4) is 0 Å². The molecule has 2 aromatic rings. The molecule has 1 fully saturated rings. The number of carboxylic acids is 1. The highest BCUT2D eigenvalue weighted by molar-refractivity contribution is 7.99. The molecule has 0 saturated heterocycles. The predicted molar refractivity (Wildman–Crippen MR) is 77.1 cm³/mol. The standard InChI is InChI=1S/C13H18N4O2S/c1-8-10-11(16(3)15-8)17(13(2)5-4-6-13)12(14-10)20-7-9(18)19/h4-7H2,1-3H3,(H,18,19). The summed E-state index contributed by atoms with van der Waals surface area (Å²) in [7, 11) is 1.92. The van der Waals surface area contributed by atoms with Crippen LogP contribution in [0.15, 0.2) is 5.16 Å². The van der Waals surface area contributed by atoms with Gasteiger partial charge in [0.05, 0.1) is 11.4 Å². The summed E-state index contributed by atoms with van der Waals surface area (Å²) in [5, 5.41) is 14.1. The minimum absolute atomic E-state index is 0.0336. The zero-order valence-electron chi connectivity index (χ0n) is 11.9. The summed E-state index contributed by atoms with van der Waals surface area (Å²) in [4.78, 5) is 15.5. The molecule has 3 rings (SSSR count). The van der Waals surface area contributed by atoms with Crippen LogP contribution in [0, 0.1) is 6.92 Å². The van der Waals surface area contributed by atoms with Gasteiger partial charge < -0.3 is 5.11 Å². The second-order valence-corrected chi connectivity index (χ2v) is 6.59. The van der Waals surface area contributed by atoms with Crippen molar-refractivity contribution in [3.8, 4) is 0 Å². The molecule has 0 bridgehead atoms. The maximum absolute atomic E-state index is 10.8. The summed E-state index contributed by atoms with van der Waals surface area (Å²) in [6.45, 7) is 4.15. The molecule has 0 radical (unpaired) electrons. The van der Waals surface area contributed by atoms with Gasteiger partial charge in [-0.25, -0.2) is 4.98 Å². The molecule has 2 heterocycles. The first-order valence-corrected chi connectivity index (χ1v) is 7.68. The number of hydrogen-bond donors (Lipinski definition) is 1. The lowest BCUT2D eigenvalue weighted by atomic mass is 9.78. The summed E-state index contributed by atoms with van der Waals surface area (Å²) < 4.78 is 4.05. The fourth-order valence-electron chi connectivity index (χ4n) is 2.87. The minimum Gasteiger partial charge on any atom is -0.481 e. The van der Waals surface area contributed by atoms with Crippen molar-refractivity contribution in [3.63, 3.8) is 0 Å². The number of carbonyl (C=O) groups is 1. The molecule has 6 nitrogen and oxygen atoms in total. The van der Waals surface area contributed by atoms with Gasteiger partial charge in [0, 0.05) is 12.6 Å². The van der Waals surface area contributed by atoms with Crippen molar-refractivity contribution >= 4 is 28.9 Å². The van der Waals surface area contributed by atoms with Crippen LogP contribution in [0.2, 0.25) is 0 Å². The van der Waals surface area contributed by atoms with Gasteiger partial charge in [-0.15, -0.1) is 0 Å². The Labute approximate surface area is 121 Å². The van der Waals surface area contributed by atoms with Crippen LogP contribution < -0.4 is 0 Å². The summed E-state index contributed by atoms with van der Waals surface area (Å²) in [6.07, 6.45) is 3.41. The van der Waals surface area contributed by atoms with Crippen molar-refractivity contribution in [3.05, 3.63) is 5.69 Å². The molecule has 1 aliphatic carbocycles. The average Bonchev–Trinajstić information content (AvgIpc) is 2.83. The van der Waals surface area contributed by atoms with Crippen LogP contribution in [0.1, 0.15) is 31.9 Å². The maximum atomic E-state index is 10.8. The Morgan fingerprint density at radius 3 is 2.75 bits per heavy atom. The molecule has 108 valence electrons. The first kappa shape index (κ1) is 13.5. The largest absolute Gasteiger partial charge is 0.481 e. The second-order valence-electron chi connectivity index (χ2n) is 5.64. The quantitative estimate of drug-likeness (QED) is 0.875. The zero-order chi connectivity index (χ0) is 14.5. The number of rotatable bonds is 4. The first-order chi connectivity index (χ1) is 9.42. The highest BCUT2D eigenvalue weighted by Crippen LogP contribution is 2.43. The average molecular weight is 294 g/mol. The van der Waals surface area contributed by atoms with E-state index in [1.54, 1.807) is 0 Å². The summed E-state index contributed by atoms with van der Waals surface area (Å²) in [5.74, 6) is -0.784. The third-order valence-corrected chi connectivity index (χ3v) is 4.99. The van der Waals surface area contributed by atoms with Crippen LogP contribution in [0.5, 0.6) is 0 Å². The molecule has 2 aromatic heterocycles. The Morgan fingerprint density at radius 2 is 2.20 bits per heavy atom.